The monoisotopic (exact) mass is 299 g/mol. The average Bonchev–Trinajstić information content (AvgIpc) is 2.82. The second kappa shape index (κ2) is 5.81. The Morgan fingerprint density at radius 2 is 2.27 bits per heavy atom. The SMILES string of the molecule is CCOc1nccc(N(C)C2=CC3=C(C)N(C)NC3C=C2)n1. The van der Waals surface area contributed by atoms with Crippen LogP contribution in [0.2, 0.25) is 0 Å². The van der Waals surface area contributed by atoms with E-state index in [1.165, 1.54) is 11.3 Å². The Balaban J connectivity index is 1.88. The number of aromatic nitrogens is 2. The summed E-state index contributed by atoms with van der Waals surface area (Å²) in [5, 5.41) is 2.06. The Labute approximate surface area is 130 Å². The Kier molecular flexibility index (Phi) is 3.85. The first-order chi connectivity index (χ1) is 10.6. The van der Waals surface area contributed by atoms with Crippen LogP contribution in [-0.2, 0) is 0 Å². The second-order valence-electron chi connectivity index (χ2n) is 5.32. The van der Waals surface area contributed by atoms with Gasteiger partial charge in [-0.3, -0.25) is 0 Å². The summed E-state index contributed by atoms with van der Waals surface area (Å²) in [7, 11) is 4.03. The van der Waals surface area contributed by atoms with E-state index in [1.807, 2.05) is 32.0 Å². The highest BCUT2D eigenvalue weighted by Gasteiger charge is 2.26. The molecule has 116 valence electrons. The third kappa shape index (κ3) is 2.57. The van der Waals surface area contributed by atoms with Crippen LogP contribution in [0.3, 0.4) is 0 Å². The molecule has 0 fully saturated rings. The number of likely N-dealkylation sites (N-methyl/N-ethyl adjacent to an activating group) is 1. The van der Waals surface area contributed by atoms with Gasteiger partial charge in [-0.15, -0.1) is 0 Å². The first-order valence-electron chi connectivity index (χ1n) is 7.40. The molecule has 6 nitrogen and oxygen atoms in total. The van der Waals surface area contributed by atoms with Crippen LogP contribution in [0.5, 0.6) is 6.01 Å². The van der Waals surface area contributed by atoms with E-state index in [0.29, 0.717) is 12.6 Å². The Bertz CT molecular complexity index is 664. The maximum absolute atomic E-state index is 5.37. The topological polar surface area (TPSA) is 53.5 Å². The minimum absolute atomic E-state index is 0.256. The molecule has 0 aromatic carbocycles. The van der Waals surface area contributed by atoms with Crippen LogP contribution in [0.15, 0.2) is 47.5 Å². The van der Waals surface area contributed by atoms with Gasteiger partial charge in [0.2, 0.25) is 0 Å². The fourth-order valence-electron chi connectivity index (χ4n) is 2.60. The molecule has 0 saturated heterocycles. The third-order valence-electron chi connectivity index (χ3n) is 3.97. The van der Waals surface area contributed by atoms with Gasteiger partial charge in [-0.05, 0) is 37.6 Å². The molecule has 2 heterocycles. The largest absolute Gasteiger partial charge is 0.464 e. The number of nitrogens with zero attached hydrogens (tertiary/aromatic N) is 4. The van der Waals surface area contributed by atoms with Crippen molar-refractivity contribution in [3.8, 4) is 6.01 Å². The lowest BCUT2D eigenvalue weighted by atomic mass is 10.00. The first kappa shape index (κ1) is 14.6. The van der Waals surface area contributed by atoms with Crippen molar-refractivity contribution in [2.24, 2.45) is 0 Å². The number of hydrogen-bond acceptors (Lipinski definition) is 6. The van der Waals surface area contributed by atoms with Crippen LogP contribution < -0.4 is 15.1 Å². The van der Waals surface area contributed by atoms with Crippen LogP contribution in [0.1, 0.15) is 13.8 Å². The summed E-state index contributed by atoms with van der Waals surface area (Å²) < 4.78 is 5.37. The van der Waals surface area contributed by atoms with Gasteiger partial charge in [-0.2, -0.15) is 4.98 Å². The van der Waals surface area contributed by atoms with E-state index in [1.54, 1.807) is 6.20 Å². The number of rotatable bonds is 4. The minimum atomic E-state index is 0.256. The van der Waals surface area contributed by atoms with Crippen molar-refractivity contribution >= 4 is 5.82 Å². The molecule has 0 bridgehead atoms. The maximum atomic E-state index is 5.37. The molecule has 6 heteroatoms. The van der Waals surface area contributed by atoms with Crippen LogP contribution in [0.25, 0.3) is 0 Å². The van der Waals surface area contributed by atoms with E-state index in [2.05, 4.69) is 45.6 Å². The fourth-order valence-corrected chi connectivity index (χ4v) is 2.60. The van der Waals surface area contributed by atoms with E-state index in [0.717, 1.165) is 11.5 Å². The second-order valence-corrected chi connectivity index (χ2v) is 5.32. The first-order valence-corrected chi connectivity index (χ1v) is 7.40. The molecule has 1 aliphatic carbocycles. The number of allylic oxidation sites excluding steroid dienone is 2. The summed E-state index contributed by atoms with van der Waals surface area (Å²) in [6, 6.07) is 2.54. The van der Waals surface area contributed by atoms with Gasteiger partial charge in [-0.25, -0.2) is 10.4 Å². The zero-order valence-corrected chi connectivity index (χ0v) is 13.4. The summed E-state index contributed by atoms with van der Waals surface area (Å²) in [5.41, 5.74) is 7.00. The van der Waals surface area contributed by atoms with Gasteiger partial charge >= 0.3 is 6.01 Å². The third-order valence-corrected chi connectivity index (χ3v) is 3.97. The zero-order valence-electron chi connectivity index (χ0n) is 13.4. The molecule has 1 unspecified atom stereocenters. The van der Waals surface area contributed by atoms with E-state index in [9.17, 15) is 0 Å². The molecule has 0 saturated carbocycles. The fraction of sp³-hybridized carbons (Fsp3) is 0.375. The van der Waals surface area contributed by atoms with Crippen LogP contribution in [-0.4, -0.2) is 41.7 Å². The van der Waals surface area contributed by atoms with Gasteiger partial charge in [0, 0.05) is 31.7 Å². The maximum Gasteiger partial charge on any atom is 0.318 e. The smallest absolute Gasteiger partial charge is 0.318 e. The highest BCUT2D eigenvalue weighted by molar-refractivity contribution is 5.55. The molecule has 0 amide bonds. The lowest BCUT2D eigenvalue weighted by Gasteiger charge is -2.23. The predicted octanol–water partition coefficient (Wildman–Crippen LogP) is 1.86. The molecule has 0 spiro atoms. The summed E-state index contributed by atoms with van der Waals surface area (Å²) in [5.74, 6) is 0.811. The molecule has 3 rings (SSSR count). The molecule has 1 aromatic rings. The molecular weight excluding hydrogens is 278 g/mol. The van der Waals surface area contributed by atoms with Crippen molar-refractivity contribution in [1.82, 2.24) is 20.4 Å². The van der Waals surface area contributed by atoms with Crippen molar-refractivity contribution in [1.29, 1.82) is 0 Å². The standard InChI is InChI=1S/C16H21N5O/c1-5-22-16-17-9-8-15(18-16)20(3)12-6-7-14-13(10-12)11(2)21(4)19-14/h6-10,14,19H,5H2,1-4H3. The number of nitrogens with one attached hydrogen (secondary N) is 1. The van der Waals surface area contributed by atoms with Crippen molar-refractivity contribution in [2.75, 3.05) is 25.6 Å². The molecule has 1 N–H and O–H groups in total. The van der Waals surface area contributed by atoms with Crippen LogP contribution >= 0.6 is 0 Å². The normalized spacial score (nSPS) is 20.1. The molecule has 1 aliphatic heterocycles. The number of ether oxygens (including phenoxy) is 1. The highest BCUT2D eigenvalue weighted by Crippen LogP contribution is 2.28. The van der Waals surface area contributed by atoms with Gasteiger partial charge in [0.15, 0.2) is 0 Å². The zero-order chi connectivity index (χ0) is 15.7. The molecule has 0 radical (unpaired) electrons. The van der Waals surface area contributed by atoms with Crippen molar-refractivity contribution in [3.63, 3.8) is 0 Å². The quantitative estimate of drug-likeness (QED) is 0.916. The summed E-state index contributed by atoms with van der Waals surface area (Å²) >= 11 is 0. The van der Waals surface area contributed by atoms with E-state index >= 15 is 0 Å². The van der Waals surface area contributed by atoms with Gasteiger partial charge in [0.25, 0.3) is 0 Å². The summed E-state index contributed by atoms with van der Waals surface area (Å²) in [6.07, 6.45) is 8.18. The Morgan fingerprint density at radius 1 is 1.45 bits per heavy atom. The van der Waals surface area contributed by atoms with Crippen LogP contribution in [0, 0.1) is 0 Å². The van der Waals surface area contributed by atoms with E-state index < -0.39 is 0 Å². The van der Waals surface area contributed by atoms with Gasteiger partial charge in [0.05, 0.1) is 12.6 Å². The van der Waals surface area contributed by atoms with Crippen LogP contribution in [0.4, 0.5) is 5.82 Å². The Morgan fingerprint density at radius 3 is 3.05 bits per heavy atom. The molecular formula is C16H21N5O. The lowest BCUT2D eigenvalue weighted by Crippen LogP contribution is -2.34. The van der Waals surface area contributed by atoms with E-state index in [4.69, 9.17) is 4.74 Å². The number of hydrazine groups is 1. The Hall–Kier alpha value is -2.34. The summed E-state index contributed by atoms with van der Waals surface area (Å²) in [4.78, 5) is 10.6. The average molecular weight is 299 g/mol. The number of anilines is 1. The van der Waals surface area contributed by atoms with E-state index in [-0.39, 0.29) is 6.04 Å². The summed E-state index contributed by atoms with van der Waals surface area (Å²) in [6.45, 7) is 4.60. The molecule has 1 atom stereocenters. The predicted molar refractivity (Wildman–Crippen MR) is 86.2 cm³/mol. The van der Waals surface area contributed by atoms with Crippen molar-refractivity contribution < 1.29 is 4.74 Å². The van der Waals surface area contributed by atoms with Gasteiger partial charge < -0.3 is 14.6 Å². The van der Waals surface area contributed by atoms with Gasteiger partial charge in [0.1, 0.15) is 5.82 Å². The molecule has 2 aliphatic rings. The highest BCUT2D eigenvalue weighted by atomic mass is 16.5. The lowest BCUT2D eigenvalue weighted by molar-refractivity contribution is 0.312. The van der Waals surface area contributed by atoms with Gasteiger partial charge in [-0.1, -0.05) is 6.08 Å². The minimum Gasteiger partial charge on any atom is -0.464 e. The van der Waals surface area contributed by atoms with Crippen molar-refractivity contribution in [2.45, 2.75) is 19.9 Å². The molecule has 22 heavy (non-hydrogen) atoms. The number of fused-ring (bicyclic) bond motifs is 1. The number of hydrogen-bond donors (Lipinski definition) is 1. The van der Waals surface area contributed by atoms with Crippen molar-refractivity contribution in [3.05, 3.63) is 47.5 Å². The molecule has 1 aromatic heterocycles.